The first-order chi connectivity index (χ1) is 14.2. The molecule has 31 heavy (non-hydrogen) atoms. The van der Waals surface area contributed by atoms with E-state index in [9.17, 15) is 13.2 Å². The maximum absolute atomic E-state index is 12.1. The molecule has 170 valence electrons. The molecule has 0 aliphatic rings. The van der Waals surface area contributed by atoms with Gasteiger partial charge in [-0.1, -0.05) is 24.3 Å². The van der Waals surface area contributed by atoms with Gasteiger partial charge in [-0.25, -0.2) is 8.42 Å². The summed E-state index contributed by atoms with van der Waals surface area (Å²) in [5, 5.41) is 6.52. The first-order valence-electron chi connectivity index (χ1n) is 9.75. The molecule has 2 aromatic carbocycles. The standard InChI is InChI=1S/C22H30N4O3S.HI/c1-23-22(24-14-12-17-8-10-20(11-9-17)30(4,28)29)25-15-13-18-6-5-7-19(16-18)21(27)26(2)3;/h5-11,16H,12-15H2,1-4H3,(H2,23,24,25);1H. The Bertz CT molecular complexity index is 990. The Hall–Kier alpha value is -2.14. The van der Waals surface area contributed by atoms with Crippen molar-refractivity contribution in [3.05, 3.63) is 65.2 Å². The summed E-state index contributed by atoms with van der Waals surface area (Å²) in [6, 6.07) is 14.6. The minimum Gasteiger partial charge on any atom is -0.356 e. The highest BCUT2D eigenvalue weighted by atomic mass is 127. The number of carbonyl (C=O) groups excluding carboxylic acids is 1. The first kappa shape index (κ1) is 26.9. The highest BCUT2D eigenvalue weighted by Crippen LogP contribution is 2.10. The van der Waals surface area contributed by atoms with Gasteiger partial charge in [0.05, 0.1) is 4.90 Å². The maximum Gasteiger partial charge on any atom is 0.253 e. The second kappa shape index (κ2) is 12.7. The van der Waals surface area contributed by atoms with Crippen LogP contribution in [0.5, 0.6) is 0 Å². The van der Waals surface area contributed by atoms with Gasteiger partial charge in [0.1, 0.15) is 0 Å². The summed E-state index contributed by atoms with van der Waals surface area (Å²) in [6.07, 6.45) is 2.72. The third kappa shape index (κ3) is 8.86. The topological polar surface area (TPSA) is 90.9 Å². The van der Waals surface area contributed by atoms with E-state index in [0.717, 1.165) is 24.0 Å². The van der Waals surface area contributed by atoms with Gasteiger partial charge in [0.2, 0.25) is 0 Å². The number of hydrogen-bond donors (Lipinski definition) is 2. The van der Waals surface area contributed by atoms with Crippen LogP contribution in [0.2, 0.25) is 0 Å². The number of benzene rings is 2. The zero-order valence-electron chi connectivity index (χ0n) is 18.4. The second-order valence-corrected chi connectivity index (χ2v) is 9.26. The van der Waals surface area contributed by atoms with Crippen LogP contribution >= 0.6 is 24.0 Å². The summed E-state index contributed by atoms with van der Waals surface area (Å²) in [6.45, 7) is 1.35. The number of nitrogens with zero attached hydrogens (tertiary/aromatic N) is 2. The summed E-state index contributed by atoms with van der Waals surface area (Å²) < 4.78 is 23.0. The summed E-state index contributed by atoms with van der Waals surface area (Å²) in [5.41, 5.74) is 2.81. The first-order valence-corrected chi connectivity index (χ1v) is 11.6. The van der Waals surface area contributed by atoms with Crippen molar-refractivity contribution in [2.24, 2.45) is 4.99 Å². The molecule has 0 spiro atoms. The summed E-state index contributed by atoms with van der Waals surface area (Å²) in [4.78, 5) is 18.2. The lowest BCUT2D eigenvalue weighted by atomic mass is 10.1. The van der Waals surface area contributed by atoms with Gasteiger partial charge >= 0.3 is 0 Å². The van der Waals surface area contributed by atoms with Crippen molar-refractivity contribution in [1.82, 2.24) is 15.5 Å². The SMILES string of the molecule is CN=C(NCCc1ccc(S(C)(=O)=O)cc1)NCCc1cccc(C(=O)N(C)C)c1.I. The summed E-state index contributed by atoms with van der Waals surface area (Å²) in [7, 11) is 2.03. The van der Waals surface area contributed by atoms with E-state index in [4.69, 9.17) is 0 Å². The number of aliphatic imine (C=N–C) groups is 1. The van der Waals surface area contributed by atoms with Gasteiger partial charge in [-0.05, 0) is 48.2 Å². The number of halogens is 1. The molecular formula is C22H31IN4O3S. The molecule has 0 saturated carbocycles. The molecule has 0 atom stereocenters. The van der Waals surface area contributed by atoms with Crippen molar-refractivity contribution in [2.75, 3.05) is 40.5 Å². The molecule has 2 aromatic rings. The van der Waals surface area contributed by atoms with Gasteiger partial charge in [0.25, 0.3) is 5.91 Å². The van der Waals surface area contributed by atoms with Crippen LogP contribution in [0.15, 0.2) is 58.4 Å². The summed E-state index contributed by atoms with van der Waals surface area (Å²) >= 11 is 0. The Balaban J connectivity index is 0.00000480. The fraction of sp³-hybridized carbons (Fsp3) is 0.364. The Morgan fingerprint density at radius 2 is 1.55 bits per heavy atom. The van der Waals surface area contributed by atoms with Crippen LogP contribution in [-0.2, 0) is 22.7 Å². The lowest BCUT2D eigenvalue weighted by Gasteiger charge is -2.13. The molecule has 0 aliphatic carbocycles. The van der Waals surface area contributed by atoms with Crippen molar-refractivity contribution in [1.29, 1.82) is 0 Å². The largest absolute Gasteiger partial charge is 0.356 e. The molecule has 0 saturated heterocycles. The Morgan fingerprint density at radius 3 is 2.06 bits per heavy atom. The number of nitrogens with one attached hydrogen (secondary N) is 2. The molecule has 0 aliphatic heterocycles. The average molecular weight is 558 g/mol. The number of carbonyl (C=O) groups is 1. The number of sulfone groups is 1. The van der Waals surface area contributed by atoms with Crippen LogP contribution in [0.3, 0.4) is 0 Å². The minimum absolute atomic E-state index is 0. The van der Waals surface area contributed by atoms with Gasteiger partial charge in [0, 0.05) is 46.1 Å². The number of guanidine groups is 1. The second-order valence-electron chi connectivity index (χ2n) is 7.24. The van der Waals surface area contributed by atoms with Gasteiger partial charge in [-0.15, -0.1) is 24.0 Å². The average Bonchev–Trinajstić information content (AvgIpc) is 2.72. The lowest BCUT2D eigenvalue weighted by Crippen LogP contribution is -2.39. The monoisotopic (exact) mass is 558 g/mol. The highest BCUT2D eigenvalue weighted by molar-refractivity contribution is 14.0. The van der Waals surface area contributed by atoms with Crippen LogP contribution < -0.4 is 10.6 Å². The molecule has 0 unspecified atom stereocenters. The number of rotatable bonds is 8. The molecule has 0 fully saturated rings. The Labute approximate surface area is 202 Å². The molecule has 0 radical (unpaired) electrons. The smallest absolute Gasteiger partial charge is 0.253 e. The van der Waals surface area contributed by atoms with Crippen LogP contribution in [0.4, 0.5) is 0 Å². The van der Waals surface area contributed by atoms with E-state index < -0.39 is 9.84 Å². The number of amides is 1. The van der Waals surface area contributed by atoms with E-state index in [1.807, 2.05) is 36.4 Å². The zero-order chi connectivity index (χ0) is 22.1. The predicted molar refractivity (Wildman–Crippen MR) is 136 cm³/mol. The van der Waals surface area contributed by atoms with Crippen molar-refractivity contribution in [2.45, 2.75) is 17.7 Å². The predicted octanol–water partition coefficient (Wildman–Crippen LogP) is 2.36. The quantitative estimate of drug-likeness (QED) is 0.295. The third-order valence-corrected chi connectivity index (χ3v) is 5.70. The van der Waals surface area contributed by atoms with E-state index in [-0.39, 0.29) is 29.9 Å². The molecule has 0 heterocycles. The van der Waals surface area contributed by atoms with E-state index in [1.54, 1.807) is 38.2 Å². The molecular weight excluding hydrogens is 527 g/mol. The molecule has 0 aromatic heterocycles. The van der Waals surface area contributed by atoms with Crippen LogP contribution in [0.1, 0.15) is 21.5 Å². The van der Waals surface area contributed by atoms with Crippen LogP contribution in [0, 0.1) is 0 Å². The van der Waals surface area contributed by atoms with Gasteiger partial charge < -0.3 is 15.5 Å². The van der Waals surface area contributed by atoms with Crippen LogP contribution in [-0.4, -0.2) is 65.7 Å². The molecule has 2 rings (SSSR count). The molecule has 0 bridgehead atoms. The third-order valence-electron chi connectivity index (χ3n) is 4.57. The van der Waals surface area contributed by atoms with Crippen molar-refractivity contribution < 1.29 is 13.2 Å². The number of hydrogen-bond acceptors (Lipinski definition) is 4. The zero-order valence-corrected chi connectivity index (χ0v) is 21.5. The molecule has 1 amide bonds. The van der Waals surface area contributed by atoms with Gasteiger partial charge in [0.15, 0.2) is 15.8 Å². The maximum atomic E-state index is 12.1. The minimum atomic E-state index is -3.17. The van der Waals surface area contributed by atoms with Gasteiger partial charge in [-0.3, -0.25) is 9.79 Å². The highest BCUT2D eigenvalue weighted by Gasteiger charge is 2.08. The normalized spacial score (nSPS) is 11.4. The molecule has 2 N–H and O–H groups in total. The van der Waals surface area contributed by atoms with E-state index >= 15 is 0 Å². The lowest BCUT2D eigenvalue weighted by molar-refractivity contribution is 0.0827. The van der Waals surface area contributed by atoms with E-state index in [1.165, 1.54) is 6.26 Å². The van der Waals surface area contributed by atoms with E-state index in [0.29, 0.717) is 29.5 Å². The molecule has 7 nitrogen and oxygen atoms in total. The van der Waals surface area contributed by atoms with Crippen molar-refractivity contribution in [3.8, 4) is 0 Å². The van der Waals surface area contributed by atoms with Crippen LogP contribution in [0.25, 0.3) is 0 Å². The molecule has 9 heteroatoms. The fourth-order valence-corrected chi connectivity index (χ4v) is 3.52. The van der Waals surface area contributed by atoms with Gasteiger partial charge in [-0.2, -0.15) is 0 Å². The van der Waals surface area contributed by atoms with Crippen molar-refractivity contribution in [3.63, 3.8) is 0 Å². The fourth-order valence-electron chi connectivity index (χ4n) is 2.89. The Kier molecular flexibility index (Phi) is 11.0. The Morgan fingerprint density at radius 1 is 0.968 bits per heavy atom. The summed E-state index contributed by atoms with van der Waals surface area (Å²) in [5.74, 6) is 0.690. The van der Waals surface area contributed by atoms with E-state index in [2.05, 4.69) is 15.6 Å². The van der Waals surface area contributed by atoms with Crippen molar-refractivity contribution >= 4 is 45.7 Å².